The van der Waals surface area contributed by atoms with Crippen molar-refractivity contribution in [3.8, 4) is 23.4 Å². The summed E-state index contributed by atoms with van der Waals surface area (Å²) in [5, 5.41) is 35.3. The minimum absolute atomic E-state index is 0.229. The summed E-state index contributed by atoms with van der Waals surface area (Å²) in [6, 6.07) is 10.4. The Morgan fingerprint density at radius 3 is 2.78 bits per heavy atom. The van der Waals surface area contributed by atoms with Gasteiger partial charge in [0.25, 0.3) is 0 Å². The lowest BCUT2D eigenvalue weighted by Crippen LogP contribution is -2.31. The number of pyridine rings is 1. The summed E-state index contributed by atoms with van der Waals surface area (Å²) in [6.45, 7) is 1.87. The standard InChI is InChI=1S/C22H17FN8S/c23-17-3-4-20(14(6-17)8-24)32-21-7-15(12-31-22(21)16(9-25)10-27-31)19-13-30(29-28-19)18-2-1-5-26-11-18/h3-4,6-7,10,12-13,18,26H,1-2,5,11H2/t18-/m0/s1. The average molecular weight is 444 g/mol. The molecule has 0 radical (unpaired) electrons. The van der Waals surface area contributed by atoms with Crippen molar-refractivity contribution in [2.75, 3.05) is 13.1 Å². The SMILES string of the molecule is N#Cc1cc(F)ccc1Sc1cc(-c2cn([C@H]3CCCNC3)nn2)cn2ncc(C#N)c12. The van der Waals surface area contributed by atoms with Crippen molar-refractivity contribution in [2.45, 2.75) is 28.7 Å². The second kappa shape index (κ2) is 8.42. The third-order valence-electron chi connectivity index (χ3n) is 5.43. The Hall–Kier alpha value is -3.73. The van der Waals surface area contributed by atoms with E-state index in [1.807, 2.05) is 29.2 Å². The molecular formula is C22H17FN8S. The highest BCUT2D eigenvalue weighted by Gasteiger charge is 2.19. The summed E-state index contributed by atoms with van der Waals surface area (Å²) in [6.07, 6.45) is 7.37. The summed E-state index contributed by atoms with van der Waals surface area (Å²) in [5.41, 5.74) is 2.73. The summed E-state index contributed by atoms with van der Waals surface area (Å²) in [7, 11) is 0. The van der Waals surface area contributed by atoms with Gasteiger partial charge in [0.1, 0.15) is 23.6 Å². The number of halogens is 1. The lowest BCUT2D eigenvalue weighted by Gasteiger charge is -2.22. The van der Waals surface area contributed by atoms with Gasteiger partial charge in [0.15, 0.2) is 0 Å². The van der Waals surface area contributed by atoms with Crippen LogP contribution >= 0.6 is 11.8 Å². The van der Waals surface area contributed by atoms with Gasteiger partial charge in [-0.25, -0.2) is 13.6 Å². The van der Waals surface area contributed by atoms with Crippen molar-refractivity contribution in [1.82, 2.24) is 29.9 Å². The van der Waals surface area contributed by atoms with Crippen LogP contribution in [0.3, 0.4) is 0 Å². The second-order valence-corrected chi connectivity index (χ2v) is 8.58. The number of nitrogens with one attached hydrogen (secondary N) is 1. The smallest absolute Gasteiger partial charge is 0.124 e. The summed E-state index contributed by atoms with van der Waals surface area (Å²) in [5.74, 6) is -0.472. The predicted molar refractivity (Wildman–Crippen MR) is 115 cm³/mol. The molecule has 3 aromatic heterocycles. The Bertz CT molecular complexity index is 1390. The molecule has 32 heavy (non-hydrogen) atoms. The molecule has 1 fully saturated rings. The number of fused-ring (bicyclic) bond motifs is 1. The molecule has 0 amide bonds. The number of hydrogen-bond donors (Lipinski definition) is 1. The van der Waals surface area contributed by atoms with Gasteiger partial charge in [-0.15, -0.1) is 5.10 Å². The Balaban J connectivity index is 1.58. The highest BCUT2D eigenvalue weighted by atomic mass is 32.2. The molecule has 1 N–H and O–H groups in total. The average Bonchev–Trinajstić information content (AvgIpc) is 3.48. The molecule has 10 heteroatoms. The fourth-order valence-electron chi connectivity index (χ4n) is 3.83. The molecule has 1 saturated heterocycles. The largest absolute Gasteiger partial charge is 0.315 e. The van der Waals surface area contributed by atoms with Crippen LogP contribution in [-0.4, -0.2) is 37.7 Å². The first-order valence-corrected chi connectivity index (χ1v) is 10.9. The Morgan fingerprint density at radius 2 is 2.00 bits per heavy atom. The molecule has 5 rings (SSSR count). The molecule has 0 bridgehead atoms. The van der Waals surface area contributed by atoms with E-state index in [-0.39, 0.29) is 11.6 Å². The van der Waals surface area contributed by atoms with E-state index < -0.39 is 5.82 Å². The monoisotopic (exact) mass is 444 g/mol. The van der Waals surface area contributed by atoms with Gasteiger partial charge in [-0.2, -0.15) is 15.6 Å². The Morgan fingerprint density at radius 1 is 1.12 bits per heavy atom. The van der Waals surface area contributed by atoms with E-state index in [1.54, 1.807) is 10.6 Å². The topological polar surface area (TPSA) is 108 Å². The molecule has 8 nitrogen and oxygen atoms in total. The number of hydrogen-bond acceptors (Lipinski definition) is 7. The number of benzene rings is 1. The maximum atomic E-state index is 13.6. The summed E-state index contributed by atoms with van der Waals surface area (Å²) < 4.78 is 17.1. The van der Waals surface area contributed by atoms with Crippen LogP contribution in [0.5, 0.6) is 0 Å². The lowest BCUT2D eigenvalue weighted by molar-refractivity contribution is 0.341. The molecule has 1 aliphatic rings. The fourth-order valence-corrected chi connectivity index (χ4v) is 4.90. The van der Waals surface area contributed by atoms with Crippen LogP contribution in [0.15, 0.2) is 52.6 Å². The minimum atomic E-state index is -0.472. The molecule has 4 heterocycles. The van der Waals surface area contributed by atoms with E-state index >= 15 is 0 Å². The molecule has 1 aliphatic heterocycles. The third kappa shape index (κ3) is 3.71. The van der Waals surface area contributed by atoms with Gasteiger partial charge in [-0.3, -0.25) is 0 Å². The zero-order valence-electron chi connectivity index (χ0n) is 16.9. The van der Waals surface area contributed by atoms with Gasteiger partial charge in [0.05, 0.1) is 35.1 Å². The molecule has 0 aliphatic carbocycles. The van der Waals surface area contributed by atoms with Crippen molar-refractivity contribution in [3.63, 3.8) is 0 Å². The van der Waals surface area contributed by atoms with Crippen molar-refractivity contribution in [1.29, 1.82) is 10.5 Å². The van der Waals surface area contributed by atoms with Crippen LogP contribution < -0.4 is 5.32 Å². The van der Waals surface area contributed by atoms with Gasteiger partial charge < -0.3 is 5.32 Å². The predicted octanol–water partition coefficient (Wildman–Crippen LogP) is 3.55. The minimum Gasteiger partial charge on any atom is -0.315 e. The van der Waals surface area contributed by atoms with E-state index in [9.17, 15) is 14.9 Å². The summed E-state index contributed by atoms with van der Waals surface area (Å²) >= 11 is 1.29. The van der Waals surface area contributed by atoms with Crippen molar-refractivity contribution < 1.29 is 4.39 Å². The molecule has 0 unspecified atom stereocenters. The Labute approximate surface area is 187 Å². The first-order valence-electron chi connectivity index (χ1n) is 10.1. The van der Waals surface area contributed by atoms with Crippen LogP contribution in [0.2, 0.25) is 0 Å². The van der Waals surface area contributed by atoms with Crippen LogP contribution in [0.4, 0.5) is 4.39 Å². The molecule has 0 saturated carbocycles. The fraction of sp³-hybridized carbons (Fsp3) is 0.227. The zero-order chi connectivity index (χ0) is 22.1. The number of nitriles is 2. The van der Waals surface area contributed by atoms with E-state index in [1.165, 1.54) is 30.1 Å². The first-order chi connectivity index (χ1) is 15.7. The number of piperidine rings is 1. The third-order valence-corrected chi connectivity index (χ3v) is 6.54. The maximum Gasteiger partial charge on any atom is 0.124 e. The van der Waals surface area contributed by atoms with Crippen molar-refractivity contribution >= 4 is 17.3 Å². The highest BCUT2D eigenvalue weighted by molar-refractivity contribution is 7.99. The second-order valence-electron chi connectivity index (χ2n) is 7.49. The van der Waals surface area contributed by atoms with Gasteiger partial charge in [-0.05, 0) is 43.7 Å². The van der Waals surface area contributed by atoms with Crippen LogP contribution in [-0.2, 0) is 0 Å². The highest BCUT2D eigenvalue weighted by Crippen LogP contribution is 2.37. The number of aromatic nitrogens is 5. The van der Waals surface area contributed by atoms with Crippen LogP contribution in [0, 0.1) is 28.5 Å². The number of rotatable bonds is 4. The summed E-state index contributed by atoms with van der Waals surface area (Å²) in [4.78, 5) is 1.31. The van der Waals surface area contributed by atoms with Gasteiger partial charge in [0.2, 0.25) is 0 Å². The number of nitrogens with zero attached hydrogens (tertiary/aromatic N) is 7. The van der Waals surface area contributed by atoms with Crippen molar-refractivity contribution in [2.24, 2.45) is 0 Å². The van der Waals surface area contributed by atoms with E-state index in [4.69, 9.17) is 0 Å². The molecular weight excluding hydrogens is 427 g/mol. The quantitative estimate of drug-likeness (QED) is 0.513. The molecule has 1 atom stereocenters. The first kappa shape index (κ1) is 20.2. The van der Waals surface area contributed by atoms with E-state index in [0.29, 0.717) is 26.6 Å². The molecule has 158 valence electrons. The maximum absolute atomic E-state index is 13.6. The lowest BCUT2D eigenvalue weighted by atomic mass is 10.1. The van der Waals surface area contributed by atoms with Crippen molar-refractivity contribution in [3.05, 3.63) is 59.8 Å². The van der Waals surface area contributed by atoms with Gasteiger partial charge in [0, 0.05) is 28.1 Å². The molecule has 4 aromatic rings. The molecule has 1 aromatic carbocycles. The molecule has 0 spiro atoms. The zero-order valence-corrected chi connectivity index (χ0v) is 17.7. The van der Waals surface area contributed by atoms with Gasteiger partial charge in [-0.1, -0.05) is 17.0 Å². The van der Waals surface area contributed by atoms with E-state index in [2.05, 4.69) is 26.8 Å². The van der Waals surface area contributed by atoms with Crippen LogP contribution in [0.25, 0.3) is 16.8 Å². The Kier molecular flexibility index (Phi) is 5.31. The van der Waals surface area contributed by atoms with Crippen LogP contribution in [0.1, 0.15) is 30.0 Å². The normalized spacial score (nSPS) is 16.0. The van der Waals surface area contributed by atoms with E-state index in [0.717, 1.165) is 31.5 Å². The van der Waals surface area contributed by atoms with Gasteiger partial charge >= 0.3 is 0 Å².